The summed E-state index contributed by atoms with van der Waals surface area (Å²) in [5.74, 6) is 0.873. The molecule has 3 rings (SSSR count). The number of amides is 1. The minimum Gasteiger partial charge on any atom is -0.398 e. The number of benzene rings is 1. The van der Waals surface area contributed by atoms with Crippen LogP contribution in [-0.4, -0.2) is 29.7 Å². The Kier molecular flexibility index (Phi) is 7.37. The van der Waals surface area contributed by atoms with Gasteiger partial charge >= 0.3 is 0 Å². The van der Waals surface area contributed by atoms with Gasteiger partial charge in [0, 0.05) is 30.9 Å². The predicted molar refractivity (Wildman–Crippen MR) is 119 cm³/mol. The van der Waals surface area contributed by atoms with Crippen LogP contribution < -0.4 is 21.8 Å². The number of hydrogen-bond acceptors (Lipinski definition) is 5. The Labute approximate surface area is 176 Å². The van der Waals surface area contributed by atoms with E-state index in [-0.39, 0.29) is 5.91 Å². The third kappa shape index (κ3) is 5.88. The lowest BCUT2D eigenvalue weighted by atomic mass is 9.98. The summed E-state index contributed by atoms with van der Waals surface area (Å²) in [6.07, 6.45) is 6.98. The van der Waals surface area contributed by atoms with Crippen molar-refractivity contribution >= 4 is 34.7 Å². The van der Waals surface area contributed by atoms with Crippen molar-refractivity contribution in [1.82, 2.24) is 15.8 Å². The van der Waals surface area contributed by atoms with Gasteiger partial charge < -0.3 is 16.4 Å². The normalized spacial score (nSPS) is 13.8. The number of rotatable bonds is 7. The summed E-state index contributed by atoms with van der Waals surface area (Å²) in [5.41, 5.74) is 11.6. The van der Waals surface area contributed by atoms with E-state index >= 15 is 0 Å². The molecule has 1 aliphatic carbocycles. The molecular formula is C21H27N5O2S. The molecule has 5 N–H and O–H groups in total. The lowest BCUT2D eigenvalue weighted by Crippen LogP contribution is -2.27. The molecule has 0 aliphatic heterocycles. The number of hydrogen-bond donors (Lipinski definition) is 4. The molecular weight excluding hydrogens is 386 g/mol. The zero-order chi connectivity index (χ0) is 20.6. The lowest BCUT2D eigenvalue weighted by molar-refractivity contribution is 0.0171. The van der Waals surface area contributed by atoms with E-state index in [4.69, 9.17) is 22.8 Å². The number of nitrogen functional groups attached to an aromatic ring is 1. The number of carbonyl (C=O) groups excluding carboxylic acids is 1. The summed E-state index contributed by atoms with van der Waals surface area (Å²) >= 11 is 5.12. The number of anilines is 2. The Morgan fingerprint density at radius 2 is 2.10 bits per heavy atom. The molecule has 0 unspecified atom stereocenters. The monoisotopic (exact) mass is 413 g/mol. The maximum Gasteiger partial charge on any atom is 0.275 e. The quantitative estimate of drug-likeness (QED) is 0.314. The first-order chi connectivity index (χ1) is 14.1. The maximum atomic E-state index is 12.7. The molecule has 1 aromatic carbocycles. The average Bonchev–Trinajstić information content (AvgIpc) is 3.23. The summed E-state index contributed by atoms with van der Waals surface area (Å²) in [7, 11) is 1.74. The van der Waals surface area contributed by atoms with Gasteiger partial charge in [0.25, 0.3) is 5.91 Å². The number of nitrogens with zero attached hydrogens (tertiary/aromatic N) is 1. The highest BCUT2D eigenvalue weighted by molar-refractivity contribution is 7.80. The zero-order valence-corrected chi connectivity index (χ0v) is 17.3. The molecule has 1 amide bonds. The van der Waals surface area contributed by atoms with E-state index in [1.807, 2.05) is 12.1 Å². The van der Waals surface area contributed by atoms with Gasteiger partial charge in [-0.3, -0.25) is 9.63 Å². The largest absolute Gasteiger partial charge is 0.398 e. The molecule has 1 aliphatic rings. The number of nitrogens with two attached hydrogens (primary N) is 1. The molecule has 0 atom stereocenters. The van der Waals surface area contributed by atoms with Crippen molar-refractivity contribution in [1.29, 1.82) is 0 Å². The number of hydroxylamine groups is 1. The second-order valence-corrected chi connectivity index (χ2v) is 7.60. The average molecular weight is 414 g/mol. The lowest BCUT2D eigenvalue weighted by Gasteiger charge is -2.14. The molecule has 1 saturated carbocycles. The highest BCUT2D eigenvalue weighted by atomic mass is 32.1. The van der Waals surface area contributed by atoms with Crippen LogP contribution in [-0.2, 0) is 11.3 Å². The van der Waals surface area contributed by atoms with Crippen LogP contribution in [0.3, 0.4) is 0 Å². The number of thiocarbonyl (C=S) groups is 1. The van der Waals surface area contributed by atoms with Gasteiger partial charge in [0.15, 0.2) is 5.11 Å². The second-order valence-electron chi connectivity index (χ2n) is 7.20. The summed E-state index contributed by atoms with van der Waals surface area (Å²) in [4.78, 5) is 22.4. The van der Waals surface area contributed by atoms with Crippen LogP contribution in [0.1, 0.15) is 47.2 Å². The van der Waals surface area contributed by atoms with Crippen LogP contribution in [0.2, 0.25) is 0 Å². The molecule has 2 aromatic rings. The Bertz CT molecular complexity index is 868. The van der Waals surface area contributed by atoms with Crippen LogP contribution in [0, 0.1) is 5.92 Å². The zero-order valence-electron chi connectivity index (χ0n) is 16.5. The van der Waals surface area contributed by atoms with Crippen molar-refractivity contribution in [3.63, 3.8) is 0 Å². The number of pyridine rings is 1. The van der Waals surface area contributed by atoms with Gasteiger partial charge in [-0.2, -0.15) is 0 Å². The van der Waals surface area contributed by atoms with Crippen LogP contribution >= 0.6 is 12.2 Å². The van der Waals surface area contributed by atoms with Crippen LogP contribution in [0.4, 0.5) is 11.5 Å². The van der Waals surface area contributed by atoms with Gasteiger partial charge in [-0.15, -0.1) is 0 Å². The fourth-order valence-corrected chi connectivity index (χ4v) is 3.61. The smallest absolute Gasteiger partial charge is 0.275 e. The highest BCUT2D eigenvalue weighted by Gasteiger charge is 2.18. The van der Waals surface area contributed by atoms with Crippen molar-refractivity contribution in [3.05, 3.63) is 53.2 Å². The number of aromatic nitrogens is 1. The Hall–Kier alpha value is -2.71. The molecule has 0 saturated heterocycles. The first-order valence-electron chi connectivity index (χ1n) is 9.80. The van der Waals surface area contributed by atoms with Gasteiger partial charge in [-0.25, -0.2) is 10.5 Å². The Balaban J connectivity index is 1.70. The van der Waals surface area contributed by atoms with Crippen LogP contribution in [0.25, 0.3) is 0 Å². The standard InChI is InChI=1S/C21H27N5O2S/c1-23-21(29)25-19-12-15(9-10-24-19)11-17-16(7-4-8-18(17)22)20(27)26-28-13-14-5-2-3-6-14/h4,7-10,12,14H,2-3,5-6,11,13,22H2,1H3,(H,26,27)(H2,23,24,25,29). The van der Waals surface area contributed by atoms with Crippen molar-refractivity contribution < 1.29 is 9.63 Å². The number of carbonyl (C=O) groups is 1. The molecule has 0 bridgehead atoms. The van der Waals surface area contributed by atoms with Crippen molar-refractivity contribution in [2.24, 2.45) is 5.92 Å². The SMILES string of the molecule is CNC(=S)Nc1cc(Cc2c(N)cccc2C(=O)NOCC2CCCC2)ccn1. The van der Waals surface area contributed by atoms with Crippen molar-refractivity contribution in [2.45, 2.75) is 32.1 Å². The van der Waals surface area contributed by atoms with E-state index in [1.165, 1.54) is 12.8 Å². The topological polar surface area (TPSA) is 101 Å². The first kappa shape index (κ1) is 21.0. The molecule has 1 heterocycles. The highest BCUT2D eigenvalue weighted by Crippen LogP contribution is 2.25. The van der Waals surface area contributed by atoms with E-state index in [2.05, 4.69) is 21.1 Å². The van der Waals surface area contributed by atoms with Gasteiger partial charge in [0.2, 0.25) is 0 Å². The van der Waals surface area contributed by atoms with Gasteiger partial charge in [0.05, 0.1) is 6.61 Å². The van der Waals surface area contributed by atoms with E-state index in [1.54, 1.807) is 31.4 Å². The van der Waals surface area contributed by atoms with Crippen LogP contribution in [0.15, 0.2) is 36.5 Å². The summed E-state index contributed by atoms with van der Waals surface area (Å²) in [5, 5.41) is 6.33. The minimum absolute atomic E-state index is 0.283. The van der Waals surface area contributed by atoms with Gasteiger partial charge in [-0.1, -0.05) is 18.9 Å². The Morgan fingerprint density at radius 3 is 2.86 bits per heavy atom. The van der Waals surface area contributed by atoms with Crippen LogP contribution in [0.5, 0.6) is 0 Å². The van der Waals surface area contributed by atoms with E-state index in [0.29, 0.717) is 41.1 Å². The summed E-state index contributed by atoms with van der Waals surface area (Å²) in [6.45, 7) is 0.550. The van der Waals surface area contributed by atoms with Crippen molar-refractivity contribution in [3.8, 4) is 0 Å². The third-order valence-corrected chi connectivity index (χ3v) is 5.40. The Morgan fingerprint density at radius 1 is 1.31 bits per heavy atom. The maximum absolute atomic E-state index is 12.7. The minimum atomic E-state index is -0.283. The fraction of sp³-hybridized carbons (Fsp3) is 0.381. The predicted octanol–water partition coefficient (Wildman–Crippen LogP) is 3.02. The summed E-state index contributed by atoms with van der Waals surface area (Å²) in [6, 6.07) is 9.10. The molecule has 8 heteroatoms. The van der Waals surface area contributed by atoms with Crippen molar-refractivity contribution in [2.75, 3.05) is 24.7 Å². The summed E-state index contributed by atoms with van der Waals surface area (Å²) < 4.78 is 0. The molecule has 0 spiro atoms. The van der Waals surface area contributed by atoms with Gasteiger partial charge in [0.1, 0.15) is 5.82 Å². The third-order valence-electron chi connectivity index (χ3n) is 5.09. The van der Waals surface area contributed by atoms with Gasteiger partial charge in [-0.05, 0) is 66.4 Å². The molecule has 29 heavy (non-hydrogen) atoms. The number of nitrogens with one attached hydrogen (secondary N) is 3. The molecule has 1 aromatic heterocycles. The van der Waals surface area contributed by atoms with E-state index < -0.39 is 0 Å². The molecule has 154 valence electrons. The van der Waals surface area contributed by atoms with E-state index in [9.17, 15) is 4.79 Å². The molecule has 0 radical (unpaired) electrons. The molecule has 1 fully saturated rings. The fourth-order valence-electron chi connectivity index (χ4n) is 3.51. The second kappa shape index (κ2) is 10.2. The van der Waals surface area contributed by atoms with E-state index in [0.717, 1.165) is 24.0 Å². The molecule has 7 nitrogen and oxygen atoms in total. The first-order valence-corrected chi connectivity index (χ1v) is 10.2.